The molecule has 2 aromatic rings. The van der Waals surface area contributed by atoms with Crippen molar-refractivity contribution in [2.75, 3.05) is 0 Å². The number of benzene rings is 1. The Morgan fingerprint density at radius 3 is 2.43 bits per heavy atom. The minimum Gasteiger partial charge on any atom is -0.508 e. The highest BCUT2D eigenvalue weighted by atomic mass is 79.9. The molecule has 0 atom stereocenters. The molecule has 14 heavy (non-hydrogen) atoms. The van der Waals surface area contributed by atoms with Crippen molar-refractivity contribution in [3.8, 4) is 17.0 Å². The van der Waals surface area contributed by atoms with Crippen LogP contribution in [-0.2, 0) is 7.05 Å². The molecule has 0 amide bonds. The summed E-state index contributed by atoms with van der Waals surface area (Å²) in [5, 5.41) is 13.4. The average molecular weight is 253 g/mol. The summed E-state index contributed by atoms with van der Waals surface area (Å²) in [5.41, 5.74) is 1.86. The molecule has 1 aromatic carbocycles. The lowest BCUT2D eigenvalue weighted by molar-refractivity contribution is 0.475. The molecule has 0 saturated heterocycles. The van der Waals surface area contributed by atoms with Crippen LogP contribution < -0.4 is 0 Å². The number of hydrogen-bond donors (Lipinski definition) is 1. The van der Waals surface area contributed by atoms with Crippen LogP contribution in [0.4, 0.5) is 0 Å². The fourth-order valence-electron chi connectivity index (χ4n) is 1.27. The van der Waals surface area contributed by atoms with Gasteiger partial charge in [-0.2, -0.15) is 5.10 Å². The van der Waals surface area contributed by atoms with Gasteiger partial charge in [-0.1, -0.05) is 0 Å². The Balaban J connectivity index is 2.49. The molecule has 72 valence electrons. The van der Waals surface area contributed by atoms with Crippen LogP contribution in [0.2, 0.25) is 0 Å². The predicted octanol–water partition coefficient (Wildman–Crippen LogP) is 2.56. The normalized spacial score (nSPS) is 10.4. The van der Waals surface area contributed by atoms with Crippen molar-refractivity contribution in [1.82, 2.24) is 9.78 Å². The van der Waals surface area contributed by atoms with Crippen LogP contribution in [-0.4, -0.2) is 14.9 Å². The molecule has 0 radical (unpaired) electrons. The van der Waals surface area contributed by atoms with Gasteiger partial charge in [0.15, 0.2) is 0 Å². The van der Waals surface area contributed by atoms with Gasteiger partial charge in [-0.3, -0.25) is 4.68 Å². The molecule has 0 bridgehead atoms. The van der Waals surface area contributed by atoms with Crippen molar-refractivity contribution in [2.45, 2.75) is 0 Å². The van der Waals surface area contributed by atoms with Gasteiger partial charge in [0.25, 0.3) is 0 Å². The molecule has 0 unspecified atom stereocenters. The molecule has 0 aliphatic heterocycles. The molecule has 1 N–H and O–H groups in total. The number of aromatic nitrogens is 2. The quantitative estimate of drug-likeness (QED) is 0.848. The van der Waals surface area contributed by atoms with E-state index in [1.807, 2.05) is 25.4 Å². The minimum absolute atomic E-state index is 0.265. The van der Waals surface area contributed by atoms with Crippen LogP contribution >= 0.6 is 15.9 Å². The summed E-state index contributed by atoms with van der Waals surface area (Å²) in [7, 11) is 1.87. The van der Waals surface area contributed by atoms with Crippen molar-refractivity contribution in [3.63, 3.8) is 0 Å². The zero-order chi connectivity index (χ0) is 10.1. The Kier molecular flexibility index (Phi) is 2.29. The van der Waals surface area contributed by atoms with Crippen LogP contribution in [0.3, 0.4) is 0 Å². The summed E-state index contributed by atoms with van der Waals surface area (Å²) in [6.07, 6.45) is 1.89. The number of rotatable bonds is 1. The van der Waals surface area contributed by atoms with Gasteiger partial charge in [-0.15, -0.1) is 0 Å². The smallest absolute Gasteiger partial charge is 0.115 e. The molecular weight excluding hydrogens is 244 g/mol. The summed E-state index contributed by atoms with van der Waals surface area (Å²) in [5.74, 6) is 0.265. The summed E-state index contributed by atoms with van der Waals surface area (Å²) in [6.45, 7) is 0. The maximum absolute atomic E-state index is 9.14. The lowest BCUT2D eigenvalue weighted by atomic mass is 10.1. The number of hydrogen-bond acceptors (Lipinski definition) is 2. The van der Waals surface area contributed by atoms with E-state index in [-0.39, 0.29) is 5.75 Å². The van der Waals surface area contributed by atoms with E-state index in [1.165, 1.54) is 0 Å². The number of aryl methyl sites for hydroxylation is 1. The van der Waals surface area contributed by atoms with Gasteiger partial charge in [0.05, 0.1) is 4.47 Å². The van der Waals surface area contributed by atoms with E-state index in [4.69, 9.17) is 5.11 Å². The van der Waals surface area contributed by atoms with Crippen LogP contribution in [0.5, 0.6) is 5.75 Å². The lowest BCUT2D eigenvalue weighted by Gasteiger charge is -1.97. The first-order valence-electron chi connectivity index (χ1n) is 4.15. The van der Waals surface area contributed by atoms with Gasteiger partial charge < -0.3 is 5.11 Å². The second-order valence-electron chi connectivity index (χ2n) is 3.05. The highest BCUT2D eigenvalue weighted by molar-refractivity contribution is 9.10. The molecule has 2 rings (SSSR count). The monoisotopic (exact) mass is 252 g/mol. The summed E-state index contributed by atoms with van der Waals surface area (Å²) >= 11 is 3.43. The van der Waals surface area contributed by atoms with Crippen molar-refractivity contribution in [1.29, 1.82) is 0 Å². The lowest BCUT2D eigenvalue weighted by Crippen LogP contribution is -1.87. The first kappa shape index (κ1) is 9.27. The van der Waals surface area contributed by atoms with Crippen LogP contribution in [0.15, 0.2) is 34.9 Å². The number of phenolic OH excluding ortho intramolecular Hbond substituents is 1. The van der Waals surface area contributed by atoms with Crippen LogP contribution in [0.1, 0.15) is 0 Å². The summed E-state index contributed by atoms with van der Waals surface area (Å²) in [4.78, 5) is 0. The molecule has 4 heteroatoms. The molecule has 0 aliphatic carbocycles. The van der Waals surface area contributed by atoms with Crippen LogP contribution in [0, 0.1) is 0 Å². The topological polar surface area (TPSA) is 38.0 Å². The zero-order valence-corrected chi connectivity index (χ0v) is 9.19. The fraction of sp³-hybridized carbons (Fsp3) is 0.100. The van der Waals surface area contributed by atoms with Gasteiger partial charge in [0.2, 0.25) is 0 Å². The predicted molar refractivity (Wildman–Crippen MR) is 58.0 cm³/mol. The minimum atomic E-state index is 0.265. The second-order valence-corrected chi connectivity index (χ2v) is 3.90. The van der Waals surface area contributed by atoms with Crippen molar-refractivity contribution >= 4 is 15.9 Å². The van der Waals surface area contributed by atoms with E-state index in [1.54, 1.807) is 16.8 Å². The third-order valence-corrected chi connectivity index (χ3v) is 2.51. The summed E-state index contributed by atoms with van der Waals surface area (Å²) < 4.78 is 2.69. The van der Waals surface area contributed by atoms with E-state index in [9.17, 15) is 0 Å². The van der Waals surface area contributed by atoms with Gasteiger partial charge in [0, 0.05) is 18.8 Å². The SMILES string of the molecule is Cn1cc(Br)c(-c2ccc(O)cc2)n1. The zero-order valence-electron chi connectivity index (χ0n) is 7.61. The highest BCUT2D eigenvalue weighted by Gasteiger charge is 2.06. The van der Waals surface area contributed by atoms with E-state index >= 15 is 0 Å². The summed E-state index contributed by atoms with van der Waals surface area (Å²) in [6, 6.07) is 6.97. The second kappa shape index (κ2) is 3.46. The van der Waals surface area contributed by atoms with E-state index in [0.717, 1.165) is 15.7 Å². The van der Waals surface area contributed by atoms with Crippen molar-refractivity contribution < 1.29 is 5.11 Å². The Hall–Kier alpha value is -1.29. The van der Waals surface area contributed by atoms with E-state index in [0.29, 0.717) is 0 Å². The molecule has 1 aromatic heterocycles. The first-order chi connectivity index (χ1) is 6.66. The maximum Gasteiger partial charge on any atom is 0.115 e. The van der Waals surface area contributed by atoms with Crippen molar-refractivity contribution in [3.05, 3.63) is 34.9 Å². The molecule has 0 fully saturated rings. The standard InChI is InChI=1S/C10H9BrN2O/c1-13-6-9(11)10(12-13)7-2-4-8(14)5-3-7/h2-6,14H,1H3. The van der Waals surface area contributed by atoms with E-state index < -0.39 is 0 Å². The van der Waals surface area contributed by atoms with Crippen LogP contribution in [0.25, 0.3) is 11.3 Å². The van der Waals surface area contributed by atoms with Gasteiger partial charge in [-0.25, -0.2) is 0 Å². The largest absolute Gasteiger partial charge is 0.508 e. The number of phenols is 1. The fourth-order valence-corrected chi connectivity index (χ4v) is 1.88. The Bertz CT molecular complexity index is 448. The van der Waals surface area contributed by atoms with Crippen molar-refractivity contribution in [2.24, 2.45) is 7.05 Å². The Labute approximate surface area is 90.1 Å². The molecule has 3 nitrogen and oxygen atoms in total. The Morgan fingerprint density at radius 1 is 1.29 bits per heavy atom. The average Bonchev–Trinajstić information content (AvgIpc) is 2.47. The number of aromatic hydroxyl groups is 1. The molecule has 0 spiro atoms. The van der Waals surface area contributed by atoms with Gasteiger partial charge >= 0.3 is 0 Å². The molecule has 0 aliphatic rings. The maximum atomic E-state index is 9.14. The van der Waals surface area contributed by atoms with E-state index in [2.05, 4.69) is 21.0 Å². The Morgan fingerprint density at radius 2 is 1.93 bits per heavy atom. The van der Waals surface area contributed by atoms with Gasteiger partial charge in [0.1, 0.15) is 11.4 Å². The third-order valence-electron chi connectivity index (χ3n) is 1.92. The first-order valence-corrected chi connectivity index (χ1v) is 4.94. The number of nitrogens with zero attached hydrogens (tertiary/aromatic N) is 2. The van der Waals surface area contributed by atoms with Gasteiger partial charge in [-0.05, 0) is 40.2 Å². The highest BCUT2D eigenvalue weighted by Crippen LogP contribution is 2.27. The third kappa shape index (κ3) is 1.65. The molecule has 0 saturated carbocycles. The molecule has 1 heterocycles. The molecular formula is C10H9BrN2O. The number of halogens is 1.